The Morgan fingerprint density at radius 1 is 1.24 bits per heavy atom. The first kappa shape index (κ1) is 15.5. The van der Waals surface area contributed by atoms with Crippen LogP contribution < -0.4 is 0 Å². The number of alkyl halides is 1. The lowest BCUT2D eigenvalue weighted by molar-refractivity contribution is 0.123. The molecule has 17 heavy (non-hydrogen) atoms. The molecule has 2 nitrogen and oxygen atoms in total. The van der Waals surface area contributed by atoms with Gasteiger partial charge in [-0.15, -0.1) is 0 Å². The molecule has 1 atom stereocenters. The van der Waals surface area contributed by atoms with E-state index < -0.39 is 0 Å². The fraction of sp³-hybridized carbons (Fsp3) is 1.00. The van der Waals surface area contributed by atoms with E-state index in [1.165, 1.54) is 45.4 Å². The number of hydrogen-bond donors (Lipinski definition) is 0. The van der Waals surface area contributed by atoms with Crippen molar-refractivity contribution in [1.29, 1.82) is 0 Å². The Kier molecular flexibility index (Phi) is 6.46. The minimum Gasteiger partial charge on any atom is -0.305 e. The highest BCUT2D eigenvalue weighted by Crippen LogP contribution is 2.31. The van der Waals surface area contributed by atoms with Gasteiger partial charge in [0.05, 0.1) is 0 Å². The Morgan fingerprint density at radius 2 is 1.88 bits per heavy atom. The lowest BCUT2D eigenvalue weighted by Gasteiger charge is -2.38. The number of hydrogen-bond acceptors (Lipinski definition) is 2. The average molecular weight is 305 g/mol. The van der Waals surface area contributed by atoms with E-state index in [0.717, 1.165) is 5.33 Å². The third-order valence-corrected chi connectivity index (χ3v) is 5.70. The summed E-state index contributed by atoms with van der Waals surface area (Å²) in [6.45, 7) is 12.0. The summed E-state index contributed by atoms with van der Waals surface area (Å²) in [5, 5.41) is 1.13. The maximum atomic E-state index is 3.73. The second-order valence-electron chi connectivity index (χ2n) is 5.78. The van der Waals surface area contributed by atoms with Crippen LogP contribution in [0.3, 0.4) is 0 Å². The summed E-state index contributed by atoms with van der Waals surface area (Å²) in [6.07, 6.45) is 3.86. The molecule has 0 amide bonds. The standard InChI is InChI=1S/C14H29BrN2/c1-5-14(6-2,11-15)12-17-9-7-8-16(4)10-13(17)3/h13H,5-12H2,1-4H3. The van der Waals surface area contributed by atoms with Crippen LogP contribution in [-0.4, -0.2) is 54.4 Å². The molecule has 1 fully saturated rings. The van der Waals surface area contributed by atoms with Crippen molar-refractivity contribution >= 4 is 15.9 Å². The molecule has 0 N–H and O–H groups in total. The van der Waals surface area contributed by atoms with E-state index >= 15 is 0 Å². The van der Waals surface area contributed by atoms with E-state index in [0.29, 0.717) is 11.5 Å². The molecule has 1 saturated heterocycles. The van der Waals surface area contributed by atoms with Crippen molar-refractivity contribution < 1.29 is 0 Å². The van der Waals surface area contributed by atoms with Gasteiger partial charge in [0.15, 0.2) is 0 Å². The molecule has 0 aromatic rings. The minimum absolute atomic E-state index is 0.469. The van der Waals surface area contributed by atoms with Crippen LogP contribution in [-0.2, 0) is 0 Å². The number of rotatable bonds is 5. The second-order valence-corrected chi connectivity index (χ2v) is 6.34. The zero-order chi connectivity index (χ0) is 12.9. The zero-order valence-electron chi connectivity index (χ0n) is 12.0. The van der Waals surface area contributed by atoms with Gasteiger partial charge >= 0.3 is 0 Å². The Hall–Kier alpha value is 0.400. The third kappa shape index (κ3) is 4.22. The Bertz CT molecular complexity index is 208. The summed E-state index contributed by atoms with van der Waals surface area (Å²) in [5.41, 5.74) is 0.469. The molecular weight excluding hydrogens is 276 g/mol. The van der Waals surface area contributed by atoms with Crippen LogP contribution >= 0.6 is 15.9 Å². The molecule has 0 aromatic carbocycles. The number of likely N-dealkylation sites (N-methyl/N-ethyl adjacent to an activating group) is 1. The van der Waals surface area contributed by atoms with Gasteiger partial charge in [0.1, 0.15) is 0 Å². The van der Waals surface area contributed by atoms with Crippen molar-refractivity contribution in [2.24, 2.45) is 5.41 Å². The quantitative estimate of drug-likeness (QED) is 0.720. The van der Waals surface area contributed by atoms with Crippen LogP contribution in [0.2, 0.25) is 0 Å². The molecule has 1 unspecified atom stereocenters. The first-order chi connectivity index (χ1) is 8.06. The molecule has 1 aliphatic heterocycles. The molecule has 0 radical (unpaired) electrons. The predicted molar refractivity (Wildman–Crippen MR) is 80.0 cm³/mol. The highest BCUT2D eigenvalue weighted by Gasteiger charge is 2.30. The molecule has 0 aromatic heterocycles. The molecule has 0 spiro atoms. The maximum absolute atomic E-state index is 3.73. The maximum Gasteiger partial charge on any atom is 0.0195 e. The highest BCUT2D eigenvalue weighted by molar-refractivity contribution is 9.09. The zero-order valence-corrected chi connectivity index (χ0v) is 13.6. The van der Waals surface area contributed by atoms with E-state index in [1.807, 2.05) is 0 Å². The Labute approximate surface area is 116 Å². The predicted octanol–water partition coefficient (Wildman–Crippen LogP) is 3.21. The van der Waals surface area contributed by atoms with E-state index in [4.69, 9.17) is 0 Å². The molecule has 3 heteroatoms. The normalized spacial score (nSPS) is 24.9. The fourth-order valence-electron chi connectivity index (χ4n) is 2.79. The Balaban J connectivity index is 2.64. The minimum atomic E-state index is 0.469. The van der Waals surface area contributed by atoms with Gasteiger partial charge in [-0.3, -0.25) is 4.90 Å². The van der Waals surface area contributed by atoms with E-state index in [2.05, 4.69) is 53.5 Å². The third-order valence-electron chi connectivity index (χ3n) is 4.51. The molecule has 1 heterocycles. The fourth-order valence-corrected chi connectivity index (χ4v) is 3.76. The lowest BCUT2D eigenvalue weighted by Crippen LogP contribution is -2.45. The molecular formula is C14H29BrN2. The first-order valence-corrected chi connectivity index (χ1v) is 8.17. The first-order valence-electron chi connectivity index (χ1n) is 7.05. The molecule has 1 rings (SSSR count). The van der Waals surface area contributed by atoms with Crippen molar-refractivity contribution in [3.63, 3.8) is 0 Å². The number of nitrogens with zero attached hydrogens (tertiary/aromatic N) is 2. The van der Waals surface area contributed by atoms with Gasteiger partial charge in [-0.2, -0.15) is 0 Å². The van der Waals surface area contributed by atoms with Gasteiger partial charge in [-0.25, -0.2) is 0 Å². The van der Waals surface area contributed by atoms with Crippen LogP contribution in [0.15, 0.2) is 0 Å². The molecule has 0 aliphatic carbocycles. The topological polar surface area (TPSA) is 6.48 Å². The van der Waals surface area contributed by atoms with Crippen LogP contribution in [0.1, 0.15) is 40.0 Å². The molecule has 1 aliphatic rings. The largest absolute Gasteiger partial charge is 0.305 e. The van der Waals surface area contributed by atoms with Crippen LogP contribution in [0.25, 0.3) is 0 Å². The van der Waals surface area contributed by atoms with Crippen LogP contribution in [0, 0.1) is 5.41 Å². The van der Waals surface area contributed by atoms with E-state index in [9.17, 15) is 0 Å². The van der Waals surface area contributed by atoms with Crippen LogP contribution in [0.4, 0.5) is 0 Å². The lowest BCUT2D eigenvalue weighted by atomic mass is 9.83. The van der Waals surface area contributed by atoms with Gasteiger partial charge in [-0.05, 0) is 51.7 Å². The molecule has 102 valence electrons. The van der Waals surface area contributed by atoms with Crippen molar-refractivity contribution in [3.8, 4) is 0 Å². The second kappa shape index (κ2) is 7.10. The summed E-state index contributed by atoms with van der Waals surface area (Å²) >= 11 is 3.73. The summed E-state index contributed by atoms with van der Waals surface area (Å²) in [5.74, 6) is 0. The summed E-state index contributed by atoms with van der Waals surface area (Å²) in [6, 6.07) is 0.694. The van der Waals surface area contributed by atoms with Gasteiger partial charge in [0.2, 0.25) is 0 Å². The van der Waals surface area contributed by atoms with Crippen LogP contribution in [0.5, 0.6) is 0 Å². The average Bonchev–Trinajstić information content (AvgIpc) is 2.48. The summed E-state index contributed by atoms with van der Waals surface area (Å²) < 4.78 is 0. The van der Waals surface area contributed by atoms with Crippen molar-refractivity contribution in [2.75, 3.05) is 38.6 Å². The summed E-state index contributed by atoms with van der Waals surface area (Å²) in [4.78, 5) is 5.18. The van der Waals surface area contributed by atoms with Gasteiger partial charge in [-0.1, -0.05) is 29.8 Å². The number of halogens is 1. The van der Waals surface area contributed by atoms with Crippen molar-refractivity contribution in [1.82, 2.24) is 9.80 Å². The smallest absolute Gasteiger partial charge is 0.0195 e. The van der Waals surface area contributed by atoms with E-state index in [-0.39, 0.29) is 0 Å². The van der Waals surface area contributed by atoms with Gasteiger partial charge < -0.3 is 4.90 Å². The van der Waals surface area contributed by atoms with Gasteiger partial charge in [0.25, 0.3) is 0 Å². The highest BCUT2D eigenvalue weighted by atomic mass is 79.9. The van der Waals surface area contributed by atoms with E-state index in [1.54, 1.807) is 0 Å². The Morgan fingerprint density at radius 3 is 2.41 bits per heavy atom. The molecule has 0 bridgehead atoms. The summed E-state index contributed by atoms with van der Waals surface area (Å²) in [7, 11) is 2.25. The molecule has 0 saturated carbocycles. The SMILES string of the molecule is CCC(CC)(CBr)CN1CCCN(C)CC1C. The monoisotopic (exact) mass is 304 g/mol. The van der Waals surface area contributed by atoms with Crippen molar-refractivity contribution in [2.45, 2.75) is 46.1 Å². The van der Waals surface area contributed by atoms with Crippen molar-refractivity contribution in [3.05, 3.63) is 0 Å². The van der Waals surface area contributed by atoms with Gasteiger partial charge in [0, 0.05) is 24.5 Å².